The molecule has 0 aliphatic carbocycles. The topological polar surface area (TPSA) is 33.8 Å². The van der Waals surface area contributed by atoms with Crippen LogP contribution in [0.25, 0.3) is 4.85 Å². The van der Waals surface area contributed by atoms with Crippen LogP contribution in [0.2, 0.25) is 0 Å². The second kappa shape index (κ2) is 4.81. The summed E-state index contributed by atoms with van der Waals surface area (Å²) in [5.41, 5.74) is 2.75. The summed E-state index contributed by atoms with van der Waals surface area (Å²) < 4.78 is 5.23. The highest BCUT2D eigenvalue weighted by Gasteiger charge is 2.13. The van der Waals surface area contributed by atoms with Crippen LogP contribution >= 0.6 is 0 Å². The molecule has 1 aromatic rings. The number of rotatable bonds is 3. The Kier molecular flexibility index (Phi) is 3.70. The summed E-state index contributed by atoms with van der Waals surface area (Å²) >= 11 is 0. The molecule has 1 unspecified atom stereocenters. The molecule has 0 aliphatic rings. The summed E-state index contributed by atoms with van der Waals surface area (Å²) in [5, 5.41) is 9.68. The molecule has 0 saturated heterocycles. The van der Waals surface area contributed by atoms with Gasteiger partial charge < -0.3 is 14.7 Å². The van der Waals surface area contributed by atoms with E-state index < -0.39 is 6.10 Å². The maximum Gasteiger partial charge on any atom is 0.244 e. The molecule has 1 rings (SSSR count). The SMILES string of the molecule is [C-]#[N+]CC(O)c1cc(C)c(OC)c(C)c1. The monoisotopic (exact) mass is 205 g/mol. The van der Waals surface area contributed by atoms with Gasteiger partial charge in [0.15, 0.2) is 6.10 Å². The highest BCUT2D eigenvalue weighted by Crippen LogP contribution is 2.27. The van der Waals surface area contributed by atoms with Crippen LogP contribution in [0.5, 0.6) is 5.75 Å². The van der Waals surface area contributed by atoms with Crippen molar-refractivity contribution in [3.8, 4) is 5.75 Å². The zero-order valence-corrected chi connectivity index (χ0v) is 9.24. The van der Waals surface area contributed by atoms with Crippen molar-refractivity contribution in [1.82, 2.24) is 0 Å². The number of aliphatic hydroxyl groups is 1. The third kappa shape index (κ3) is 2.48. The Bertz CT molecular complexity index is 370. The summed E-state index contributed by atoms with van der Waals surface area (Å²) in [7, 11) is 1.63. The minimum atomic E-state index is -0.703. The highest BCUT2D eigenvalue weighted by molar-refractivity contribution is 5.44. The van der Waals surface area contributed by atoms with E-state index in [4.69, 9.17) is 11.3 Å². The lowest BCUT2D eigenvalue weighted by Crippen LogP contribution is -2.02. The molecule has 3 heteroatoms. The zero-order valence-electron chi connectivity index (χ0n) is 9.24. The van der Waals surface area contributed by atoms with Gasteiger partial charge in [0, 0.05) is 0 Å². The van der Waals surface area contributed by atoms with E-state index in [9.17, 15) is 5.11 Å². The second-order valence-electron chi connectivity index (χ2n) is 3.54. The van der Waals surface area contributed by atoms with Gasteiger partial charge in [-0.3, -0.25) is 0 Å². The van der Waals surface area contributed by atoms with Crippen molar-refractivity contribution in [1.29, 1.82) is 0 Å². The predicted octanol–water partition coefficient (Wildman–Crippen LogP) is 2.26. The molecular formula is C12H15NO2. The predicted molar refractivity (Wildman–Crippen MR) is 58.9 cm³/mol. The largest absolute Gasteiger partial charge is 0.496 e. The number of hydrogen-bond acceptors (Lipinski definition) is 2. The van der Waals surface area contributed by atoms with Crippen LogP contribution in [0.1, 0.15) is 22.8 Å². The molecule has 0 radical (unpaired) electrons. The fourth-order valence-corrected chi connectivity index (χ4v) is 1.69. The van der Waals surface area contributed by atoms with Crippen LogP contribution in [0.15, 0.2) is 12.1 Å². The highest BCUT2D eigenvalue weighted by atomic mass is 16.5. The summed E-state index contributed by atoms with van der Waals surface area (Å²) in [6.45, 7) is 10.7. The number of hydrogen-bond donors (Lipinski definition) is 1. The van der Waals surface area contributed by atoms with Gasteiger partial charge in [0.1, 0.15) is 5.75 Å². The van der Waals surface area contributed by atoms with Gasteiger partial charge in [-0.15, -0.1) is 0 Å². The first-order chi connectivity index (χ1) is 7.10. The van der Waals surface area contributed by atoms with Crippen molar-refractivity contribution >= 4 is 0 Å². The van der Waals surface area contributed by atoms with Crippen LogP contribution in [-0.4, -0.2) is 18.8 Å². The van der Waals surface area contributed by atoms with E-state index >= 15 is 0 Å². The molecule has 0 aliphatic heterocycles. The van der Waals surface area contributed by atoms with Gasteiger partial charge in [0.05, 0.1) is 7.11 Å². The summed E-state index contributed by atoms with van der Waals surface area (Å²) in [6.07, 6.45) is -0.703. The number of methoxy groups -OCH3 is 1. The van der Waals surface area contributed by atoms with Crippen LogP contribution in [0.3, 0.4) is 0 Å². The average molecular weight is 205 g/mol. The molecule has 0 saturated carbocycles. The van der Waals surface area contributed by atoms with Crippen molar-refractivity contribution in [2.24, 2.45) is 0 Å². The molecule has 80 valence electrons. The van der Waals surface area contributed by atoms with Crippen molar-refractivity contribution in [3.05, 3.63) is 40.2 Å². The fraction of sp³-hybridized carbons (Fsp3) is 0.417. The van der Waals surface area contributed by atoms with Crippen LogP contribution in [-0.2, 0) is 0 Å². The van der Waals surface area contributed by atoms with E-state index in [1.807, 2.05) is 26.0 Å². The molecule has 15 heavy (non-hydrogen) atoms. The summed E-state index contributed by atoms with van der Waals surface area (Å²) in [6, 6.07) is 3.73. The molecule has 1 atom stereocenters. The standard InChI is InChI=1S/C12H15NO2/c1-8-5-10(11(14)7-13-3)6-9(2)12(8)15-4/h5-6,11,14H,7H2,1-2,4H3. The first kappa shape index (κ1) is 11.5. The lowest BCUT2D eigenvalue weighted by Gasteiger charge is -2.12. The summed E-state index contributed by atoms with van der Waals surface area (Å²) in [5.74, 6) is 0.841. The Labute approximate surface area is 90.1 Å². The van der Waals surface area contributed by atoms with Gasteiger partial charge in [0.25, 0.3) is 0 Å². The normalized spacial score (nSPS) is 11.9. The molecule has 0 heterocycles. The zero-order chi connectivity index (χ0) is 11.4. The summed E-state index contributed by atoms with van der Waals surface area (Å²) in [4.78, 5) is 3.18. The number of aliphatic hydroxyl groups excluding tert-OH is 1. The maximum atomic E-state index is 9.68. The van der Waals surface area contributed by atoms with Crippen LogP contribution in [0, 0.1) is 20.4 Å². The molecule has 0 bridgehead atoms. The first-order valence-electron chi connectivity index (χ1n) is 4.76. The van der Waals surface area contributed by atoms with Gasteiger partial charge in [-0.1, -0.05) is 0 Å². The van der Waals surface area contributed by atoms with Gasteiger partial charge >= 0.3 is 0 Å². The van der Waals surface area contributed by atoms with Crippen LogP contribution in [0.4, 0.5) is 0 Å². The molecule has 0 amide bonds. The molecule has 1 aromatic carbocycles. The Balaban J connectivity index is 3.09. The van der Waals surface area contributed by atoms with Crippen molar-refractivity contribution in [3.63, 3.8) is 0 Å². The van der Waals surface area contributed by atoms with Crippen molar-refractivity contribution in [2.45, 2.75) is 20.0 Å². The minimum absolute atomic E-state index is 0.102. The number of ether oxygens (including phenoxy) is 1. The Morgan fingerprint density at radius 2 is 1.93 bits per heavy atom. The Morgan fingerprint density at radius 3 is 2.33 bits per heavy atom. The molecule has 0 aromatic heterocycles. The molecular weight excluding hydrogens is 190 g/mol. The number of aryl methyl sites for hydroxylation is 2. The number of benzene rings is 1. The molecule has 0 spiro atoms. The van der Waals surface area contributed by atoms with E-state index in [1.54, 1.807) is 7.11 Å². The third-order valence-electron chi connectivity index (χ3n) is 2.34. The molecule has 0 fully saturated rings. The van der Waals surface area contributed by atoms with Crippen LogP contribution < -0.4 is 4.74 Å². The van der Waals surface area contributed by atoms with E-state index in [-0.39, 0.29) is 6.54 Å². The first-order valence-corrected chi connectivity index (χ1v) is 4.76. The van der Waals surface area contributed by atoms with Crippen molar-refractivity contribution in [2.75, 3.05) is 13.7 Å². The van der Waals surface area contributed by atoms with E-state index in [1.165, 1.54) is 0 Å². The number of nitrogens with zero attached hydrogens (tertiary/aromatic N) is 1. The smallest absolute Gasteiger partial charge is 0.244 e. The Morgan fingerprint density at radius 1 is 1.40 bits per heavy atom. The second-order valence-corrected chi connectivity index (χ2v) is 3.54. The van der Waals surface area contributed by atoms with E-state index in [0.29, 0.717) is 0 Å². The molecule has 3 nitrogen and oxygen atoms in total. The van der Waals surface area contributed by atoms with Gasteiger partial charge in [-0.05, 0) is 42.7 Å². The fourth-order valence-electron chi connectivity index (χ4n) is 1.69. The van der Waals surface area contributed by atoms with Gasteiger partial charge in [0.2, 0.25) is 6.54 Å². The minimum Gasteiger partial charge on any atom is -0.496 e. The van der Waals surface area contributed by atoms with Gasteiger partial charge in [-0.2, -0.15) is 0 Å². The third-order valence-corrected chi connectivity index (χ3v) is 2.34. The van der Waals surface area contributed by atoms with Crippen molar-refractivity contribution < 1.29 is 9.84 Å². The maximum absolute atomic E-state index is 9.68. The lowest BCUT2D eigenvalue weighted by atomic mass is 10.0. The quantitative estimate of drug-likeness (QED) is 0.768. The average Bonchev–Trinajstić information content (AvgIpc) is 2.17. The van der Waals surface area contributed by atoms with Gasteiger partial charge in [-0.25, -0.2) is 6.57 Å². The molecule has 1 N–H and O–H groups in total. The van der Waals surface area contributed by atoms with E-state index in [0.717, 1.165) is 22.4 Å². The Hall–Kier alpha value is -1.53. The van der Waals surface area contributed by atoms with E-state index in [2.05, 4.69) is 4.85 Å². The lowest BCUT2D eigenvalue weighted by molar-refractivity contribution is 0.195.